The molecule has 0 atom stereocenters. The van der Waals surface area contributed by atoms with Gasteiger partial charge in [-0.2, -0.15) is 8.42 Å². The predicted octanol–water partition coefficient (Wildman–Crippen LogP) is 2.65. The van der Waals surface area contributed by atoms with Crippen molar-refractivity contribution in [3.63, 3.8) is 0 Å². The molecule has 24 heavy (non-hydrogen) atoms. The van der Waals surface area contributed by atoms with Gasteiger partial charge in [-0.25, -0.2) is 5.14 Å². The highest BCUT2D eigenvalue weighted by Gasteiger charge is 2.07. The second kappa shape index (κ2) is 6.34. The third-order valence-electron chi connectivity index (χ3n) is 3.25. The number of methoxy groups -OCH3 is 1. The molecule has 0 bridgehead atoms. The second-order valence-electron chi connectivity index (χ2n) is 4.97. The van der Waals surface area contributed by atoms with E-state index < -0.39 is 10.2 Å². The molecule has 8 heteroatoms. The Morgan fingerprint density at radius 2 is 1.75 bits per heavy atom. The number of nitrogens with zero attached hydrogens (tertiary/aromatic N) is 1. The summed E-state index contributed by atoms with van der Waals surface area (Å²) in [6.07, 6.45) is 1.65. The lowest BCUT2D eigenvalue weighted by Gasteiger charge is -2.10. The summed E-state index contributed by atoms with van der Waals surface area (Å²) in [5, 5.41) is 5.77. The van der Waals surface area contributed by atoms with Gasteiger partial charge >= 0.3 is 0 Å². The molecule has 0 aliphatic rings. The molecule has 0 spiro atoms. The van der Waals surface area contributed by atoms with E-state index in [1.807, 2.05) is 18.2 Å². The molecule has 2 aromatic carbocycles. The fourth-order valence-electron chi connectivity index (χ4n) is 2.20. The van der Waals surface area contributed by atoms with E-state index >= 15 is 0 Å². The van der Waals surface area contributed by atoms with Crippen molar-refractivity contribution < 1.29 is 17.9 Å². The molecule has 3 aromatic rings. The van der Waals surface area contributed by atoms with Crippen LogP contribution in [0.4, 0.5) is 5.69 Å². The van der Waals surface area contributed by atoms with Crippen molar-refractivity contribution in [1.82, 2.24) is 4.98 Å². The van der Waals surface area contributed by atoms with E-state index in [2.05, 4.69) is 9.71 Å². The van der Waals surface area contributed by atoms with Crippen LogP contribution in [0.15, 0.2) is 54.7 Å². The zero-order chi connectivity index (χ0) is 17.2. The van der Waals surface area contributed by atoms with Crippen molar-refractivity contribution in [2.24, 2.45) is 5.14 Å². The Bertz CT molecular complexity index is 972. The summed E-state index contributed by atoms with van der Waals surface area (Å²) in [4.78, 5) is 4.30. The molecule has 0 aliphatic carbocycles. The van der Waals surface area contributed by atoms with Gasteiger partial charge in [0.1, 0.15) is 17.2 Å². The Morgan fingerprint density at radius 1 is 1.04 bits per heavy atom. The first-order valence-corrected chi connectivity index (χ1v) is 8.50. The van der Waals surface area contributed by atoms with Crippen LogP contribution in [0, 0.1) is 0 Å². The van der Waals surface area contributed by atoms with Crippen molar-refractivity contribution in [3.05, 3.63) is 54.7 Å². The molecule has 0 saturated carbocycles. The number of hydrogen-bond acceptors (Lipinski definition) is 5. The lowest BCUT2D eigenvalue weighted by Crippen LogP contribution is -2.21. The van der Waals surface area contributed by atoms with Crippen molar-refractivity contribution in [1.29, 1.82) is 0 Å². The van der Waals surface area contributed by atoms with Crippen LogP contribution in [0.25, 0.3) is 10.9 Å². The number of nitrogens with one attached hydrogen (secondary N) is 1. The van der Waals surface area contributed by atoms with E-state index in [9.17, 15) is 8.42 Å². The average molecular weight is 345 g/mol. The first kappa shape index (κ1) is 16.0. The van der Waals surface area contributed by atoms with Crippen molar-refractivity contribution in [3.8, 4) is 17.2 Å². The minimum Gasteiger partial charge on any atom is -0.497 e. The molecule has 7 nitrogen and oxygen atoms in total. The third kappa shape index (κ3) is 3.73. The SMILES string of the molecule is COc1ccc2c(Oc3ccc(NS(N)(=O)=O)cc3)ccnc2c1. The van der Waals surface area contributed by atoms with Crippen LogP contribution in [0.2, 0.25) is 0 Å². The van der Waals surface area contributed by atoms with Gasteiger partial charge in [0.15, 0.2) is 0 Å². The van der Waals surface area contributed by atoms with Crippen LogP contribution in [-0.4, -0.2) is 20.5 Å². The lowest BCUT2D eigenvalue weighted by molar-refractivity contribution is 0.415. The second-order valence-corrected chi connectivity index (χ2v) is 6.26. The summed E-state index contributed by atoms with van der Waals surface area (Å²) < 4.78 is 35.2. The molecule has 0 amide bonds. The molecule has 3 rings (SSSR count). The maximum atomic E-state index is 11.0. The Labute approximate surface area is 139 Å². The number of anilines is 1. The summed E-state index contributed by atoms with van der Waals surface area (Å²) in [7, 11) is -2.20. The van der Waals surface area contributed by atoms with Crippen molar-refractivity contribution in [2.45, 2.75) is 0 Å². The van der Waals surface area contributed by atoms with E-state index in [1.54, 1.807) is 43.6 Å². The quantitative estimate of drug-likeness (QED) is 0.740. The number of hydrogen-bond donors (Lipinski definition) is 2. The van der Waals surface area contributed by atoms with E-state index in [0.29, 0.717) is 22.9 Å². The molecule has 0 aliphatic heterocycles. The highest BCUT2D eigenvalue weighted by atomic mass is 32.2. The minimum atomic E-state index is -3.80. The summed E-state index contributed by atoms with van der Waals surface area (Å²) in [5.41, 5.74) is 1.11. The van der Waals surface area contributed by atoms with Crippen LogP contribution < -0.4 is 19.3 Å². The van der Waals surface area contributed by atoms with Crippen LogP contribution >= 0.6 is 0 Å². The monoisotopic (exact) mass is 345 g/mol. The summed E-state index contributed by atoms with van der Waals surface area (Å²) in [5.74, 6) is 1.90. The third-order valence-corrected chi connectivity index (χ3v) is 3.77. The number of rotatable bonds is 5. The highest BCUT2D eigenvalue weighted by Crippen LogP contribution is 2.31. The molecule has 0 saturated heterocycles. The standard InChI is InChI=1S/C16H15N3O4S/c1-22-13-6-7-14-15(10-13)18-9-8-16(14)23-12-4-2-11(3-5-12)19-24(17,20)21/h2-10,19H,1H3,(H2,17,20,21). The Kier molecular flexibility index (Phi) is 4.24. The zero-order valence-electron chi connectivity index (χ0n) is 12.8. The summed E-state index contributed by atoms with van der Waals surface area (Å²) in [6.45, 7) is 0. The molecule has 3 N–H and O–H groups in total. The number of benzene rings is 2. The maximum Gasteiger partial charge on any atom is 0.296 e. The minimum absolute atomic E-state index is 0.356. The van der Waals surface area contributed by atoms with Gasteiger partial charge in [0.25, 0.3) is 10.2 Å². The Hall–Kier alpha value is -2.84. The molecule has 1 aromatic heterocycles. The van der Waals surface area contributed by atoms with Gasteiger partial charge in [0, 0.05) is 23.3 Å². The molecule has 124 valence electrons. The fourth-order valence-corrected chi connectivity index (χ4v) is 2.66. The van der Waals surface area contributed by atoms with E-state index in [1.165, 1.54) is 0 Å². The number of ether oxygens (including phenoxy) is 2. The van der Waals surface area contributed by atoms with Gasteiger partial charge in [-0.05, 0) is 42.5 Å². The van der Waals surface area contributed by atoms with Gasteiger partial charge in [-0.15, -0.1) is 0 Å². The maximum absolute atomic E-state index is 11.0. The number of aromatic nitrogens is 1. The Morgan fingerprint density at radius 3 is 2.42 bits per heavy atom. The largest absolute Gasteiger partial charge is 0.497 e. The molecule has 0 fully saturated rings. The van der Waals surface area contributed by atoms with Crippen LogP contribution in [0.5, 0.6) is 17.2 Å². The zero-order valence-corrected chi connectivity index (χ0v) is 13.6. The van der Waals surface area contributed by atoms with Gasteiger partial charge < -0.3 is 9.47 Å². The number of fused-ring (bicyclic) bond motifs is 1. The van der Waals surface area contributed by atoms with E-state index in [0.717, 1.165) is 10.9 Å². The molecule has 0 radical (unpaired) electrons. The molecular weight excluding hydrogens is 330 g/mol. The lowest BCUT2D eigenvalue weighted by atomic mass is 10.2. The van der Waals surface area contributed by atoms with Crippen molar-refractivity contribution >= 4 is 26.8 Å². The smallest absolute Gasteiger partial charge is 0.296 e. The Balaban J connectivity index is 1.87. The van der Waals surface area contributed by atoms with Crippen LogP contribution in [0.3, 0.4) is 0 Å². The topological polar surface area (TPSA) is 104 Å². The molecule has 1 heterocycles. The fraction of sp³-hybridized carbons (Fsp3) is 0.0625. The van der Waals surface area contributed by atoms with Crippen LogP contribution in [0.1, 0.15) is 0 Å². The summed E-state index contributed by atoms with van der Waals surface area (Å²) >= 11 is 0. The van der Waals surface area contributed by atoms with Gasteiger partial charge in [-0.3, -0.25) is 9.71 Å². The first-order chi connectivity index (χ1) is 11.4. The van der Waals surface area contributed by atoms with Crippen molar-refractivity contribution in [2.75, 3.05) is 11.8 Å². The average Bonchev–Trinajstić information content (AvgIpc) is 2.55. The molecular formula is C16H15N3O4S. The van der Waals surface area contributed by atoms with Gasteiger partial charge in [0.2, 0.25) is 0 Å². The number of pyridine rings is 1. The molecule has 0 unspecified atom stereocenters. The van der Waals surface area contributed by atoms with E-state index in [-0.39, 0.29) is 0 Å². The van der Waals surface area contributed by atoms with Crippen LogP contribution in [-0.2, 0) is 10.2 Å². The van der Waals surface area contributed by atoms with E-state index in [4.69, 9.17) is 14.6 Å². The number of nitrogens with two attached hydrogens (primary N) is 1. The van der Waals surface area contributed by atoms with Gasteiger partial charge in [0.05, 0.1) is 12.6 Å². The summed E-state index contributed by atoms with van der Waals surface area (Å²) in [6, 6.07) is 13.7. The van der Waals surface area contributed by atoms with Gasteiger partial charge in [-0.1, -0.05) is 0 Å². The normalized spacial score (nSPS) is 11.2. The predicted molar refractivity (Wildman–Crippen MR) is 91.5 cm³/mol. The first-order valence-electron chi connectivity index (χ1n) is 6.96. The highest BCUT2D eigenvalue weighted by molar-refractivity contribution is 7.90.